The molecule has 3 aromatic rings. The number of thiophene rings is 1. The van der Waals surface area contributed by atoms with Crippen LogP contribution >= 0.6 is 23.6 Å². The number of aryl methyl sites for hydroxylation is 1. The standard InChI is InChI=1S/C25H27N3O2S2/c1-18-8-6-7-11-20(18)17-27-12-14-28(15-13-27)25(31)26-23-21(24(29)30-2)16-22(32-23)19-9-4-3-5-10-19/h3-11,16H,12-15,17H2,1-2H3,(H,26,31). The smallest absolute Gasteiger partial charge is 0.340 e. The van der Waals surface area contributed by atoms with Gasteiger partial charge in [-0.1, -0.05) is 54.6 Å². The summed E-state index contributed by atoms with van der Waals surface area (Å²) in [6.45, 7) is 6.70. The van der Waals surface area contributed by atoms with Crippen LogP contribution in [0.3, 0.4) is 0 Å². The van der Waals surface area contributed by atoms with E-state index in [1.165, 1.54) is 29.6 Å². The quantitative estimate of drug-likeness (QED) is 0.421. The Bertz CT molecular complexity index is 1090. The van der Waals surface area contributed by atoms with Crippen molar-refractivity contribution < 1.29 is 9.53 Å². The molecule has 0 unspecified atom stereocenters. The van der Waals surface area contributed by atoms with Crippen molar-refractivity contribution in [1.29, 1.82) is 0 Å². The van der Waals surface area contributed by atoms with E-state index in [4.69, 9.17) is 17.0 Å². The van der Waals surface area contributed by atoms with Crippen molar-refractivity contribution in [2.24, 2.45) is 0 Å². The fourth-order valence-corrected chi connectivity index (χ4v) is 5.20. The molecule has 1 aromatic heterocycles. The van der Waals surface area contributed by atoms with Crippen LogP contribution in [0.15, 0.2) is 60.7 Å². The molecule has 1 aliphatic rings. The van der Waals surface area contributed by atoms with Gasteiger partial charge in [-0.15, -0.1) is 11.3 Å². The van der Waals surface area contributed by atoms with E-state index in [2.05, 4.69) is 46.3 Å². The largest absolute Gasteiger partial charge is 0.465 e. The molecule has 1 aliphatic heterocycles. The predicted octanol–water partition coefficient (Wildman–Crippen LogP) is 5.02. The average Bonchev–Trinajstić information content (AvgIpc) is 3.25. The zero-order valence-electron chi connectivity index (χ0n) is 18.3. The number of nitrogens with zero attached hydrogens (tertiary/aromatic N) is 2. The number of piperazine rings is 1. The molecule has 1 saturated heterocycles. The van der Waals surface area contributed by atoms with Crippen LogP contribution in [0.5, 0.6) is 0 Å². The third-order valence-electron chi connectivity index (χ3n) is 5.73. The van der Waals surface area contributed by atoms with Crippen molar-refractivity contribution in [3.63, 3.8) is 0 Å². The number of esters is 1. The fraction of sp³-hybridized carbons (Fsp3) is 0.280. The van der Waals surface area contributed by atoms with Gasteiger partial charge in [0.15, 0.2) is 5.11 Å². The Morgan fingerprint density at radius 2 is 1.75 bits per heavy atom. The highest BCUT2D eigenvalue weighted by molar-refractivity contribution is 7.80. The topological polar surface area (TPSA) is 44.8 Å². The lowest BCUT2D eigenvalue weighted by atomic mass is 10.1. The number of rotatable bonds is 5. The van der Waals surface area contributed by atoms with Crippen LogP contribution in [0.25, 0.3) is 10.4 Å². The van der Waals surface area contributed by atoms with Crippen LogP contribution in [0, 0.1) is 6.92 Å². The lowest BCUT2D eigenvalue weighted by Crippen LogP contribution is -2.49. The van der Waals surface area contributed by atoms with Gasteiger partial charge in [-0.25, -0.2) is 4.79 Å². The predicted molar refractivity (Wildman–Crippen MR) is 135 cm³/mol. The van der Waals surface area contributed by atoms with Crippen LogP contribution in [0.4, 0.5) is 5.00 Å². The maximum atomic E-state index is 12.4. The Morgan fingerprint density at radius 1 is 1.06 bits per heavy atom. The van der Waals surface area contributed by atoms with Crippen molar-refractivity contribution in [2.45, 2.75) is 13.5 Å². The number of thiocarbonyl (C=S) groups is 1. The molecule has 2 heterocycles. The van der Waals surface area contributed by atoms with E-state index < -0.39 is 0 Å². The number of carbonyl (C=O) groups excluding carboxylic acids is 1. The number of methoxy groups -OCH3 is 1. The molecule has 5 nitrogen and oxygen atoms in total. The zero-order chi connectivity index (χ0) is 22.5. The molecule has 166 valence electrons. The first-order valence-electron chi connectivity index (χ1n) is 10.7. The van der Waals surface area contributed by atoms with Crippen molar-refractivity contribution in [3.05, 3.63) is 77.4 Å². The number of nitrogens with one attached hydrogen (secondary N) is 1. The van der Waals surface area contributed by atoms with Gasteiger partial charge in [0.25, 0.3) is 0 Å². The molecule has 1 N–H and O–H groups in total. The van der Waals surface area contributed by atoms with Crippen LogP contribution in [0.2, 0.25) is 0 Å². The summed E-state index contributed by atoms with van der Waals surface area (Å²) < 4.78 is 5.00. The third-order valence-corrected chi connectivity index (χ3v) is 7.19. The Hall–Kier alpha value is -2.74. The van der Waals surface area contributed by atoms with E-state index in [0.29, 0.717) is 10.7 Å². The molecule has 2 aromatic carbocycles. The minimum atomic E-state index is -0.364. The molecule has 1 fully saturated rings. The number of ether oxygens (including phenoxy) is 1. The van der Waals surface area contributed by atoms with Crippen LogP contribution < -0.4 is 5.32 Å². The molecule has 4 rings (SSSR count). The SMILES string of the molecule is COC(=O)c1cc(-c2ccccc2)sc1NC(=S)N1CCN(Cc2ccccc2C)CC1. The number of hydrogen-bond donors (Lipinski definition) is 1. The van der Waals surface area contributed by atoms with E-state index in [-0.39, 0.29) is 5.97 Å². The molecule has 7 heteroatoms. The highest BCUT2D eigenvalue weighted by atomic mass is 32.1. The molecule has 0 radical (unpaired) electrons. The van der Waals surface area contributed by atoms with Gasteiger partial charge in [0, 0.05) is 37.6 Å². The Morgan fingerprint density at radius 3 is 2.44 bits per heavy atom. The second kappa shape index (κ2) is 10.3. The molecule has 0 amide bonds. The van der Waals surface area contributed by atoms with Crippen LogP contribution in [-0.4, -0.2) is 54.2 Å². The normalized spacial score (nSPS) is 14.2. The second-order valence-corrected chi connectivity index (χ2v) is 9.27. The summed E-state index contributed by atoms with van der Waals surface area (Å²) in [5.74, 6) is -0.364. The minimum absolute atomic E-state index is 0.364. The zero-order valence-corrected chi connectivity index (χ0v) is 20.0. The van der Waals surface area contributed by atoms with E-state index >= 15 is 0 Å². The number of hydrogen-bond acceptors (Lipinski definition) is 5. The summed E-state index contributed by atoms with van der Waals surface area (Å²) in [4.78, 5) is 18.0. The summed E-state index contributed by atoms with van der Waals surface area (Å²) in [6, 6.07) is 20.4. The molecule has 0 bridgehead atoms. The maximum Gasteiger partial charge on any atom is 0.340 e. The summed E-state index contributed by atoms with van der Waals surface area (Å²) in [5, 5.41) is 4.69. The molecular formula is C25H27N3O2S2. The monoisotopic (exact) mass is 465 g/mol. The molecule has 0 saturated carbocycles. The summed E-state index contributed by atoms with van der Waals surface area (Å²) >= 11 is 7.22. The van der Waals surface area contributed by atoms with Crippen LogP contribution in [-0.2, 0) is 11.3 Å². The minimum Gasteiger partial charge on any atom is -0.465 e. The van der Waals surface area contributed by atoms with Gasteiger partial charge in [-0.05, 0) is 41.9 Å². The first kappa shape index (κ1) is 22.5. The van der Waals surface area contributed by atoms with E-state index in [1.807, 2.05) is 36.4 Å². The Kier molecular flexibility index (Phi) is 7.19. The molecule has 0 spiro atoms. The van der Waals surface area contributed by atoms with Crippen LogP contribution in [0.1, 0.15) is 21.5 Å². The molecule has 0 atom stereocenters. The van der Waals surface area contributed by atoms with Gasteiger partial charge in [0.05, 0.1) is 12.7 Å². The Labute approximate surface area is 198 Å². The van der Waals surface area contributed by atoms with E-state index in [9.17, 15) is 4.79 Å². The average molecular weight is 466 g/mol. The van der Waals surface area contributed by atoms with Crippen molar-refractivity contribution in [1.82, 2.24) is 9.80 Å². The number of anilines is 1. The molecule has 32 heavy (non-hydrogen) atoms. The van der Waals surface area contributed by atoms with Crippen molar-refractivity contribution >= 4 is 39.6 Å². The summed E-state index contributed by atoms with van der Waals surface area (Å²) in [6.07, 6.45) is 0. The number of carbonyl (C=O) groups is 1. The van der Waals surface area contributed by atoms with Gasteiger partial charge in [-0.3, -0.25) is 4.90 Å². The summed E-state index contributed by atoms with van der Waals surface area (Å²) in [5.41, 5.74) is 4.27. The van der Waals surface area contributed by atoms with E-state index in [1.54, 1.807) is 0 Å². The van der Waals surface area contributed by atoms with E-state index in [0.717, 1.165) is 48.2 Å². The first-order chi connectivity index (χ1) is 15.5. The maximum absolute atomic E-state index is 12.4. The highest BCUT2D eigenvalue weighted by Crippen LogP contribution is 2.36. The molecule has 0 aliphatic carbocycles. The highest BCUT2D eigenvalue weighted by Gasteiger charge is 2.23. The lowest BCUT2D eigenvalue weighted by molar-refractivity contribution is 0.0602. The fourth-order valence-electron chi connectivity index (χ4n) is 3.80. The van der Waals surface area contributed by atoms with Gasteiger partial charge in [-0.2, -0.15) is 0 Å². The summed E-state index contributed by atoms with van der Waals surface area (Å²) in [7, 11) is 1.40. The van der Waals surface area contributed by atoms with Crippen molar-refractivity contribution in [3.8, 4) is 10.4 Å². The Balaban J connectivity index is 1.41. The molecular weight excluding hydrogens is 438 g/mol. The second-order valence-electron chi connectivity index (χ2n) is 7.83. The number of benzene rings is 2. The third kappa shape index (κ3) is 5.18. The lowest BCUT2D eigenvalue weighted by Gasteiger charge is -2.36. The first-order valence-corrected chi connectivity index (χ1v) is 11.9. The van der Waals surface area contributed by atoms with Gasteiger partial charge in [0.1, 0.15) is 5.00 Å². The van der Waals surface area contributed by atoms with Gasteiger partial charge >= 0.3 is 5.97 Å². The van der Waals surface area contributed by atoms with Gasteiger partial charge in [0.2, 0.25) is 0 Å². The van der Waals surface area contributed by atoms with Crippen molar-refractivity contribution in [2.75, 3.05) is 38.6 Å². The van der Waals surface area contributed by atoms with Gasteiger partial charge < -0.3 is 15.0 Å².